The van der Waals surface area contributed by atoms with E-state index in [1.807, 2.05) is 36.4 Å². The summed E-state index contributed by atoms with van der Waals surface area (Å²) in [5, 5.41) is 14.3. The van der Waals surface area contributed by atoms with Crippen molar-refractivity contribution in [2.75, 3.05) is 5.32 Å². The number of amides is 1. The minimum atomic E-state index is -0.163. The largest absolute Gasteiger partial charge is 0.322 e. The number of carbonyl (C=O) groups is 1. The number of anilines is 1. The van der Waals surface area contributed by atoms with E-state index in [1.54, 1.807) is 17.8 Å². The zero-order valence-electron chi connectivity index (χ0n) is 12.0. The SMILES string of the molecule is Cn1nnnc1-c1cccc(NC(=O)c2cc(Br)ccc2I)c1. The molecule has 0 aliphatic carbocycles. The fraction of sp³-hybridized carbons (Fsp3) is 0.0667. The van der Waals surface area contributed by atoms with Gasteiger partial charge in [-0.05, 0) is 63.3 Å². The van der Waals surface area contributed by atoms with Crippen LogP contribution in [0.4, 0.5) is 5.69 Å². The number of hydrogen-bond donors (Lipinski definition) is 1. The van der Waals surface area contributed by atoms with Gasteiger partial charge in [-0.3, -0.25) is 4.79 Å². The molecule has 23 heavy (non-hydrogen) atoms. The number of benzene rings is 2. The van der Waals surface area contributed by atoms with Crippen molar-refractivity contribution in [2.45, 2.75) is 0 Å². The maximum Gasteiger partial charge on any atom is 0.256 e. The number of nitrogens with one attached hydrogen (secondary N) is 1. The van der Waals surface area contributed by atoms with Crippen LogP contribution in [0.3, 0.4) is 0 Å². The lowest BCUT2D eigenvalue weighted by Crippen LogP contribution is -2.13. The highest BCUT2D eigenvalue weighted by atomic mass is 127. The van der Waals surface area contributed by atoms with Crippen molar-refractivity contribution < 1.29 is 4.79 Å². The highest BCUT2D eigenvalue weighted by Crippen LogP contribution is 2.22. The number of hydrogen-bond acceptors (Lipinski definition) is 4. The van der Waals surface area contributed by atoms with E-state index < -0.39 is 0 Å². The fourth-order valence-corrected chi connectivity index (χ4v) is 3.02. The number of halogens is 2. The van der Waals surface area contributed by atoms with Crippen LogP contribution in [-0.2, 0) is 7.05 Å². The second-order valence-corrected chi connectivity index (χ2v) is 6.86. The Morgan fingerprint density at radius 1 is 1.26 bits per heavy atom. The molecule has 3 rings (SSSR count). The van der Waals surface area contributed by atoms with Crippen LogP contribution in [0.2, 0.25) is 0 Å². The molecule has 6 nitrogen and oxygen atoms in total. The van der Waals surface area contributed by atoms with Crippen LogP contribution in [0.5, 0.6) is 0 Å². The molecule has 1 N–H and O–H groups in total. The van der Waals surface area contributed by atoms with Crippen LogP contribution in [0.25, 0.3) is 11.4 Å². The topological polar surface area (TPSA) is 72.7 Å². The Morgan fingerprint density at radius 2 is 2.09 bits per heavy atom. The molecule has 1 aromatic heterocycles. The summed E-state index contributed by atoms with van der Waals surface area (Å²) in [6.07, 6.45) is 0. The van der Waals surface area contributed by atoms with Crippen LogP contribution in [0, 0.1) is 3.57 Å². The van der Waals surface area contributed by atoms with E-state index in [-0.39, 0.29) is 5.91 Å². The van der Waals surface area contributed by atoms with Crippen LogP contribution in [-0.4, -0.2) is 26.1 Å². The number of aryl methyl sites for hydroxylation is 1. The first-order valence-electron chi connectivity index (χ1n) is 6.64. The number of nitrogens with zero attached hydrogens (tertiary/aromatic N) is 4. The van der Waals surface area contributed by atoms with Gasteiger partial charge in [0.15, 0.2) is 5.82 Å². The van der Waals surface area contributed by atoms with Gasteiger partial charge in [0, 0.05) is 26.3 Å². The number of rotatable bonds is 3. The third-order valence-corrected chi connectivity index (χ3v) is 4.61. The highest BCUT2D eigenvalue weighted by molar-refractivity contribution is 14.1. The molecule has 3 aromatic rings. The van der Waals surface area contributed by atoms with Crippen LogP contribution in [0.15, 0.2) is 46.9 Å². The Balaban J connectivity index is 1.87. The van der Waals surface area contributed by atoms with Crippen LogP contribution in [0.1, 0.15) is 10.4 Å². The molecule has 1 heterocycles. The number of aromatic nitrogens is 4. The molecule has 0 unspecified atom stereocenters. The van der Waals surface area contributed by atoms with Crippen molar-refractivity contribution >= 4 is 50.1 Å². The summed E-state index contributed by atoms with van der Waals surface area (Å²) in [4.78, 5) is 12.5. The Morgan fingerprint density at radius 3 is 2.83 bits per heavy atom. The predicted octanol–water partition coefficient (Wildman–Crippen LogP) is 3.50. The molecular weight excluding hydrogens is 473 g/mol. The van der Waals surface area contributed by atoms with Crippen molar-refractivity contribution in [3.63, 3.8) is 0 Å². The first-order valence-corrected chi connectivity index (χ1v) is 8.51. The second kappa shape index (κ2) is 6.75. The van der Waals surface area contributed by atoms with Crippen LogP contribution >= 0.6 is 38.5 Å². The summed E-state index contributed by atoms with van der Waals surface area (Å²) in [6, 6.07) is 13.0. The van der Waals surface area contributed by atoms with Gasteiger partial charge >= 0.3 is 0 Å². The molecule has 0 radical (unpaired) electrons. The van der Waals surface area contributed by atoms with Crippen LogP contribution < -0.4 is 5.32 Å². The monoisotopic (exact) mass is 483 g/mol. The molecule has 0 spiro atoms. The van der Waals surface area contributed by atoms with Crippen molar-refractivity contribution in [3.05, 3.63) is 56.1 Å². The standard InChI is InChI=1S/C15H11BrIN5O/c1-22-14(19-20-21-22)9-3-2-4-11(7-9)18-15(23)12-8-10(16)5-6-13(12)17/h2-8H,1H3,(H,18,23). The molecule has 116 valence electrons. The fourth-order valence-electron chi connectivity index (χ4n) is 2.08. The molecule has 0 saturated heterocycles. The van der Waals surface area contributed by atoms with E-state index in [0.717, 1.165) is 13.6 Å². The zero-order valence-corrected chi connectivity index (χ0v) is 15.7. The lowest BCUT2D eigenvalue weighted by atomic mass is 10.1. The molecule has 0 fully saturated rings. The molecule has 0 atom stereocenters. The normalized spacial score (nSPS) is 10.6. The molecule has 1 amide bonds. The average molecular weight is 484 g/mol. The van der Waals surface area contributed by atoms with Gasteiger partial charge in [-0.15, -0.1) is 5.10 Å². The summed E-state index contributed by atoms with van der Waals surface area (Å²) in [7, 11) is 1.77. The van der Waals surface area contributed by atoms with Crippen molar-refractivity contribution in [1.29, 1.82) is 0 Å². The Bertz CT molecular complexity index is 880. The van der Waals surface area contributed by atoms with Gasteiger partial charge in [0.1, 0.15) is 0 Å². The van der Waals surface area contributed by atoms with Gasteiger partial charge in [0.25, 0.3) is 5.91 Å². The van der Waals surface area contributed by atoms with E-state index in [9.17, 15) is 4.79 Å². The minimum absolute atomic E-state index is 0.163. The number of tetrazole rings is 1. The molecule has 0 saturated carbocycles. The van der Waals surface area contributed by atoms with Gasteiger partial charge in [0.2, 0.25) is 0 Å². The second-order valence-electron chi connectivity index (χ2n) is 4.79. The van der Waals surface area contributed by atoms with Gasteiger partial charge < -0.3 is 5.32 Å². The van der Waals surface area contributed by atoms with Crippen molar-refractivity contribution in [1.82, 2.24) is 20.2 Å². The van der Waals surface area contributed by atoms with Gasteiger partial charge in [-0.25, -0.2) is 4.68 Å². The minimum Gasteiger partial charge on any atom is -0.322 e. The Labute approximate surface area is 154 Å². The lowest BCUT2D eigenvalue weighted by molar-refractivity contribution is 0.102. The van der Waals surface area contributed by atoms with E-state index in [0.29, 0.717) is 17.1 Å². The van der Waals surface area contributed by atoms with Crippen molar-refractivity contribution in [2.24, 2.45) is 7.05 Å². The summed E-state index contributed by atoms with van der Waals surface area (Å²) in [6.45, 7) is 0. The summed E-state index contributed by atoms with van der Waals surface area (Å²) >= 11 is 5.53. The van der Waals surface area contributed by atoms with Gasteiger partial charge in [0.05, 0.1) is 5.56 Å². The van der Waals surface area contributed by atoms with E-state index in [4.69, 9.17) is 0 Å². The average Bonchev–Trinajstić information content (AvgIpc) is 2.96. The molecule has 8 heteroatoms. The first-order chi connectivity index (χ1) is 11.0. The Hall–Kier alpha value is -1.81. The quantitative estimate of drug-likeness (QED) is 0.579. The van der Waals surface area contributed by atoms with Crippen molar-refractivity contribution in [3.8, 4) is 11.4 Å². The van der Waals surface area contributed by atoms with E-state index in [2.05, 4.69) is 59.4 Å². The third kappa shape index (κ3) is 3.58. The number of carbonyl (C=O) groups excluding carboxylic acids is 1. The maximum atomic E-state index is 12.5. The molecule has 0 aliphatic heterocycles. The summed E-state index contributed by atoms with van der Waals surface area (Å²) in [5.74, 6) is 0.474. The van der Waals surface area contributed by atoms with E-state index in [1.165, 1.54) is 0 Å². The molecule has 0 aliphatic rings. The predicted molar refractivity (Wildman–Crippen MR) is 99.0 cm³/mol. The van der Waals surface area contributed by atoms with Gasteiger partial charge in [-0.1, -0.05) is 28.1 Å². The maximum absolute atomic E-state index is 12.5. The van der Waals surface area contributed by atoms with Gasteiger partial charge in [-0.2, -0.15) is 0 Å². The molecular formula is C15H11BrIN5O. The first kappa shape index (κ1) is 16.1. The Kier molecular flexibility index (Phi) is 4.71. The summed E-state index contributed by atoms with van der Waals surface area (Å²) in [5.41, 5.74) is 2.14. The summed E-state index contributed by atoms with van der Waals surface area (Å²) < 4.78 is 3.33. The molecule has 0 bridgehead atoms. The third-order valence-electron chi connectivity index (χ3n) is 3.17. The smallest absolute Gasteiger partial charge is 0.256 e. The highest BCUT2D eigenvalue weighted by Gasteiger charge is 2.12. The zero-order chi connectivity index (χ0) is 16.4. The lowest BCUT2D eigenvalue weighted by Gasteiger charge is -2.09. The molecule has 2 aromatic carbocycles. The van der Waals surface area contributed by atoms with E-state index >= 15 is 0 Å².